The molecule has 0 N–H and O–H groups in total. The molecule has 3 atom stereocenters. The van der Waals surface area contributed by atoms with Crippen molar-refractivity contribution in [3.8, 4) is 0 Å². The van der Waals surface area contributed by atoms with Gasteiger partial charge in [0.1, 0.15) is 17.3 Å². The van der Waals surface area contributed by atoms with Crippen LogP contribution in [0.4, 0.5) is 0 Å². The Balaban J connectivity index is 2.30. The molecule has 20 heavy (non-hydrogen) atoms. The number of hydrogen-bond acceptors (Lipinski definition) is 3. The fourth-order valence-corrected chi connectivity index (χ4v) is 4.67. The minimum atomic E-state index is -0.331. The first-order chi connectivity index (χ1) is 9.19. The molecule has 0 spiro atoms. The maximum absolute atomic E-state index is 12.4. The van der Waals surface area contributed by atoms with E-state index in [1.807, 2.05) is 13.8 Å². The predicted octanol–water partition coefficient (Wildman–Crippen LogP) is 3.35. The molecule has 1 unspecified atom stereocenters. The summed E-state index contributed by atoms with van der Waals surface area (Å²) in [5.41, 5.74) is -0.440. The lowest BCUT2D eigenvalue weighted by Gasteiger charge is -2.55. The molecule has 2 fully saturated rings. The van der Waals surface area contributed by atoms with Crippen LogP contribution in [0.25, 0.3) is 0 Å². The van der Waals surface area contributed by atoms with Gasteiger partial charge in [-0.3, -0.25) is 9.59 Å². The van der Waals surface area contributed by atoms with Gasteiger partial charge in [0.2, 0.25) is 0 Å². The molecule has 112 valence electrons. The largest absolute Gasteiger partial charge is 0.300 e. The van der Waals surface area contributed by atoms with Crippen LogP contribution in [-0.4, -0.2) is 17.3 Å². The van der Waals surface area contributed by atoms with Gasteiger partial charge in [0.15, 0.2) is 0 Å². The number of Topliss-reactive ketones (excluding diaryl/α,β-unsaturated/α-hetero) is 3. The van der Waals surface area contributed by atoms with E-state index in [1.54, 1.807) is 6.92 Å². The van der Waals surface area contributed by atoms with Crippen LogP contribution >= 0.6 is 0 Å². The summed E-state index contributed by atoms with van der Waals surface area (Å²) >= 11 is 0. The van der Waals surface area contributed by atoms with E-state index >= 15 is 0 Å². The van der Waals surface area contributed by atoms with Crippen molar-refractivity contribution in [2.75, 3.05) is 0 Å². The SMILES string of the molecule is CC(=O)CC[C@H]1C(=O)CCC2C(C)(C)C(=O)CC[C@@]21C. The summed E-state index contributed by atoms with van der Waals surface area (Å²) in [4.78, 5) is 35.9. The fraction of sp³-hybridized carbons (Fsp3) is 0.824. The third kappa shape index (κ3) is 2.36. The number of carbonyl (C=O) groups is 3. The maximum Gasteiger partial charge on any atom is 0.138 e. The van der Waals surface area contributed by atoms with Crippen molar-refractivity contribution in [1.29, 1.82) is 0 Å². The summed E-state index contributed by atoms with van der Waals surface area (Å²) in [5.74, 6) is 1.01. The van der Waals surface area contributed by atoms with Gasteiger partial charge in [-0.05, 0) is 37.5 Å². The van der Waals surface area contributed by atoms with Gasteiger partial charge in [0.05, 0.1) is 0 Å². The Kier molecular flexibility index (Phi) is 3.92. The van der Waals surface area contributed by atoms with Gasteiger partial charge in [-0.2, -0.15) is 0 Å². The molecule has 3 heteroatoms. The van der Waals surface area contributed by atoms with Crippen molar-refractivity contribution in [3.05, 3.63) is 0 Å². The number of rotatable bonds is 3. The molecule has 2 rings (SSSR count). The molecule has 0 saturated heterocycles. The van der Waals surface area contributed by atoms with Gasteiger partial charge in [0.25, 0.3) is 0 Å². The monoisotopic (exact) mass is 278 g/mol. The molecule has 0 amide bonds. The highest BCUT2D eigenvalue weighted by molar-refractivity contribution is 5.88. The van der Waals surface area contributed by atoms with Crippen LogP contribution in [0.5, 0.6) is 0 Å². The highest BCUT2D eigenvalue weighted by atomic mass is 16.1. The molecule has 2 aliphatic carbocycles. The minimum Gasteiger partial charge on any atom is -0.300 e. The van der Waals surface area contributed by atoms with Gasteiger partial charge in [-0.1, -0.05) is 20.8 Å². The number of carbonyl (C=O) groups excluding carboxylic acids is 3. The molecule has 0 aromatic heterocycles. The number of ketones is 3. The van der Waals surface area contributed by atoms with E-state index in [4.69, 9.17) is 0 Å². The van der Waals surface area contributed by atoms with E-state index in [-0.39, 0.29) is 28.4 Å². The molecular formula is C17H26O3. The standard InChI is InChI=1S/C17H26O3/c1-11(18)5-6-12-13(19)7-8-14-16(2,3)15(20)9-10-17(12,14)4/h12,14H,5-10H2,1-4H3/t12-,14?,17+/m0/s1. The average Bonchev–Trinajstić information content (AvgIpc) is 2.33. The van der Waals surface area contributed by atoms with Crippen molar-refractivity contribution < 1.29 is 14.4 Å². The highest BCUT2D eigenvalue weighted by Crippen LogP contribution is 2.58. The predicted molar refractivity (Wildman–Crippen MR) is 77.3 cm³/mol. The summed E-state index contributed by atoms with van der Waals surface area (Å²) in [6, 6.07) is 0. The van der Waals surface area contributed by atoms with Crippen LogP contribution in [0.2, 0.25) is 0 Å². The lowest BCUT2D eigenvalue weighted by atomic mass is 9.47. The smallest absolute Gasteiger partial charge is 0.138 e. The summed E-state index contributed by atoms with van der Waals surface area (Å²) in [7, 11) is 0. The van der Waals surface area contributed by atoms with Crippen LogP contribution < -0.4 is 0 Å². The van der Waals surface area contributed by atoms with Gasteiger partial charge < -0.3 is 4.79 Å². The van der Waals surface area contributed by atoms with Crippen molar-refractivity contribution in [2.45, 2.75) is 66.2 Å². The third-order valence-corrected chi connectivity index (χ3v) is 5.93. The molecule has 3 nitrogen and oxygen atoms in total. The average molecular weight is 278 g/mol. The molecular weight excluding hydrogens is 252 g/mol. The van der Waals surface area contributed by atoms with Crippen LogP contribution in [0, 0.1) is 22.7 Å². The molecule has 0 aliphatic heterocycles. The van der Waals surface area contributed by atoms with E-state index < -0.39 is 0 Å². The lowest BCUT2D eigenvalue weighted by Crippen LogP contribution is -2.55. The van der Waals surface area contributed by atoms with Crippen molar-refractivity contribution in [2.24, 2.45) is 22.7 Å². The van der Waals surface area contributed by atoms with E-state index in [9.17, 15) is 14.4 Å². The van der Waals surface area contributed by atoms with Gasteiger partial charge in [-0.15, -0.1) is 0 Å². The Morgan fingerprint density at radius 1 is 1.20 bits per heavy atom. The highest BCUT2D eigenvalue weighted by Gasteiger charge is 2.57. The second kappa shape index (κ2) is 5.09. The Labute approximate surface area is 121 Å². The van der Waals surface area contributed by atoms with E-state index in [2.05, 4.69) is 6.92 Å². The Morgan fingerprint density at radius 3 is 2.45 bits per heavy atom. The van der Waals surface area contributed by atoms with Gasteiger partial charge in [0, 0.05) is 30.6 Å². The zero-order chi connectivity index (χ0) is 15.1. The quantitative estimate of drug-likeness (QED) is 0.795. The zero-order valence-corrected chi connectivity index (χ0v) is 13.1. The van der Waals surface area contributed by atoms with Crippen LogP contribution in [0.3, 0.4) is 0 Å². The second-order valence-corrected chi connectivity index (χ2v) is 7.50. The van der Waals surface area contributed by atoms with Crippen LogP contribution in [0.1, 0.15) is 66.2 Å². The van der Waals surface area contributed by atoms with Crippen molar-refractivity contribution in [3.63, 3.8) is 0 Å². The van der Waals surface area contributed by atoms with Crippen LogP contribution in [0.15, 0.2) is 0 Å². The Hall–Kier alpha value is -0.990. The first-order valence-electron chi connectivity index (χ1n) is 7.75. The minimum absolute atomic E-state index is 0.0440. The summed E-state index contributed by atoms with van der Waals surface area (Å²) in [6.45, 7) is 7.83. The second-order valence-electron chi connectivity index (χ2n) is 7.50. The van der Waals surface area contributed by atoms with Gasteiger partial charge >= 0.3 is 0 Å². The maximum atomic E-state index is 12.4. The zero-order valence-electron chi connectivity index (χ0n) is 13.1. The first-order valence-corrected chi connectivity index (χ1v) is 7.75. The molecule has 0 aromatic rings. The number of hydrogen-bond donors (Lipinski definition) is 0. The molecule has 0 radical (unpaired) electrons. The topological polar surface area (TPSA) is 51.2 Å². The number of fused-ring (bicyclic) bond motifs is 1. The molecule has 2 saturated carbocycles. The van der Waals surface area contributed by atoms with Crippen molar-refractivity contribution in [1.82, 2.24) is 0 Å². The van der Waals surface area contributed by atoms with E-state index in [0.29, 0.717) is 37.2 Å². The molecule has 0 bridgehead atoms. The van der Waals surface area contributed by atoms with Gasteiger partial charge in [-0.25, -0.2) is 0 Å². The molecule has 2 aliphatic rings. The van der Waals surface area contributed by atoms with E-state index in [0.717, 1.165) is 12.8 Å². The lowest BCUT2D eigenvalue weighted by molar-refractivity contribution is -0.156. The first kappa shape index (κ1) is 15.4. The summed E-state index contributed by atoms with van der Waals surface area (Å²) in [6.07, 6.45) is 3.90. The van der Waals surface area contributed by atoms with Crippen LogP contribution in [-0.2, 0) is 14.4 Å². The molecule has 0 aromatic carbocycles. The normalized spacial score (nSPS) is 36.6. The Morgan fingerprint density at radius 2 is 1.85 bits per heavy atom. The Bertz CT molecular complexity index is 449. The molecule has 0 heterocycles. The van der Waals surface area contributed by atoms with E-state index in [1.165, 1.54) is 0 Å². The van der Waals surface area contributed by atoms with Crippen molar-refractivity contribution >= 4 is 17.3 Å². The summed E-state index contributed by atoms with van der Waals surface area (Å²) < 4.78 is 0. The fourth-order valence-electron chi connectivity index (χ4n) is 4.67. The summed E-state index contributed by atoms with van der Waals surface area (Å²) in [5, 5.41) is 0. The third-order valence-electron chi connectivity index (χ3n) is 5.93.